The molecule has 106 valence electrons. The van der Waals surface area contributed by atoms with Gasteiger partial charge in [-0.1, -0.05) is 31.5 Å². The lowest BCUT2D eigenvalue weighted by Crippen LogP contribution is -2.00. The molecule has 0 fully saturated rings. The zero-order valence-corrected chi connectivity index (χ0v) is 12.6. The van der Waals surface area contributed by atoms with Crippen molar-refractivity contribution < 1.29 is 9.47 Å². The molecule has 3 nitrogen and oxygen atoms in total. The van der Waals surface area contributed by atoms with E-state index in [-0.39, 0.29) is 0 Å². The summed E-state index contributed by atoms with van der Waals surface area (Å²) in [5.41, 5.74) is 2.08. The minimum absolute atomic E-state index is 0.373. The number of benzene rings is 1. The van der Waals surface area contributed by atoms with Gasteiger partial charge in [0.1, 0.15) is 18.1 Å². The summed E-state index contributed by atoms with van der Waals surface area (Å²) < 4.78 is 11.0. The minimum Gasteiger partial charge on any atom is -0.496 e. The van der Waals surface area contributed by atoms with E-state index in [0.29, 0.717) is 23.3 Å². The largest absolute Gasteiger partial charge is 0.496 e. The number of hydrogen-bond donors (Lipinski definition) is 0. The van der Waals surface area contributed by atoms with E-state index in [4.69, 9.17) is 21.1 Å². The first-order valence-corrected chi connectivity index (χ1v) is 6.88. The Morgan fingerprint density at radius 3 is 2.65 bits per heavy atom. The molecule has 0 aliphatic carbocycles. The average Bonchev–Trinajstić information content (AvgIpc) is 2.46. The van der Waals surface area contributed by atoms with Crippen LogP contribution in [0.5, 0.6) is 11.5 Å². The van der Waals surface area contributed by atoms with Gasteiger partial charge in [0.25, 0.3) is 0 Å². The number of pyridine rings is 1. The number of rotatable bonds is 5. The quantitative estimate of drug-likeness (QED) is 0.816. The Labute approximate surface area is 124 Å². The lowest BCUT2D eigenvalue weighted by molar-refractivity contribution is 0.296. The van der Waals surface area contributed by atoms with Crippen LogP contribution in [0.3, 0.4) is 0 Å². The van der Waals surface area contributed by atoms with Gasteiger partial charge in [0.05, 0.1) is 12.1 Å². The molecule has 0 saturated heterocycles. The van der Waals surface area contributed by atoms with Crippen molar-refractivity contribution in [1.29, 1.82) is 0 Å². The molecule has 1 heterocycles. The molecular weight excluding hydrogens is 274 g/mol. The van der Waals surface area contributed by atoms with E-state index in [1.165, 1.54) is 5.56 Å². The van der Waals surface area contributed by atoms with Crippen LogP contribution in [0.2, 0.25) is 5.02 Å². The average molecular weight is 292 g/mol. The van der Waals surface area contributed by atoms with Crippen LogP contribution in [0.4, 0.5) is 0 Å². The third-order valence-corrected chi connectivity index (χ3v) is 3.38. The second-order valence-corrected chi connectivity index (χ2v) is 5.23. The lowest BCUT2D eigenvalue weighted by atomic mass is 10.0. The summed E-state index contributed by atoms with van der Waals surface area (Å²) in [7, 11) is 1.63. The van der Waals surface area contributed by atoms with Crippen molar-refractivity contribution in [1.82, 2.24) is 4.98 Å². The summed E-state index contributed by atoms with van der Waals surface area (Å²) in [4.78, 5) is 4.07. The maximum atomic E-state index is 6.24. The van der Waals surface area contributed by atoms with Crippen molar-refractivity contribution in [2.75, 3.05) is 7.11 Å². The van der Waals surface area contributed by atoms with E-state index >= 15 is 0 Å². The topological polar surface area (TPSA) is 31.4 Å². The summed E-state index contributed by atoms with van der Waals surface area (Å²) in [5, 5.41) is 0.624. The molecule has 0 saturated carbocycles. The standard InChI is InChI=1S/C16H18ClNO2/c1-11(2)12-4-5-16(14(17)8-12)20-10-13-9-18-7-6-15(13)19-3/h4-9,11H,10H2,1-3H3. The van der Waals surface area contributed by atoms with E-state index in [1.807, 2.05) is 24.3 Å². The molecule has 1 aromatic carbocycles. The predicted molar refractivity (Wildman–Crippen MR) is 80.7 cm³/mol. The zero-order chi connectivity index (χ0) is 14.5. The van der Waals surface area contributed by atoms with Crippen molar-refractivity contribution in [3.8, 4) is 11.5 Å². The number of halogens is 1. The molecule has 0 N–H and O–H groups in total. The normalized spacial score (nSPS) is 10.7. The molecule has 0 unspecified atom stereocenters. The Hall–Kier alpha value is -1.74. The summed E-state index contributed by atoms with van der Waals surface area (Å²) in [6.45, 7) is 4.64. The van der Waals surface area contributed by atoms with Crippen LogP contribution in [-0.2, 0) is 6.61 Å². The fourth-order valence-electron chi connectivity index (χ4n) is 1.87. The highest BCUT2D eigenvalue weighted by atomic mass is 35.5. The highest BCUT2D eigenvalue weighted by Gasteiger charge is 2.08. The summed E-state index contributed by atoms with van der Waals surface area (Å²) in [6.07, 6.45) is 3.42. The predicted octanol–water partition coefficient (Wildman–Crippen LogP) is 4.45. The Bertz CT molecular complexity index is 584. The van der Waals surface area contributed by atoms with Gasteiger partial charge in [0, 0.05) is 18.0 Å². The molecule has 2 rings (SSSR count). The fraction of sp³-hybridized carbons (Fsp3) is 0.312. The van der Waals surface area contributed by atoms with Crippen LogP contribution in [0, 0.1) is 0 Å². The first-order valence-electron chi connectivity index (χ1n) is 6.51. The first-order chi connectivity index (χ1) is 9.61. The van der Waals surface area contributed by atoms with E-state index in [2.05, 4.69) is 18.8 Å². The lowest BCUT2D eigenvalue weighted by Gasteiger charge is -2.12. The van der Waals surface area contributed by atoms with Crippen molar-refractivity contribution in [2.24, 2.45) is 0 Å². The summed E-state index contributed by atoms with van der Waals surface area (Å²) >= 11 is 6.24. The van der Waals surface area contributed by atoms with Crippen molar-refractivity contribution in [2.45, 2.75) is 26.4 Å². The van der Waals surface area contributed by atoms with Crippen molar-refractivity contribution in [3.05, 3.63) is 52.8 Å². The van der Waals surface area contributed by atoms with Crippen LogP contribution in [0.15, 0.2) is 36.7 Å². The van der Waals surface area contributed by atoms with Gasteiger partial charge in [0.15, 0.2) is 0 Å². The monoisotopic (exact) mass is 291 g/mol. The van der Waals surface area contributed by atoms with Gasteiger partial charge in [-0.05, 0) is 29.7 Å². The Morgan fingerprint density at radius 2 is 2.00 bits per heavy atom. The third-order valence-electron chi connectivity index (χ3n) is 3.08. The second-order valence-electron chi connectivity index (χ2n) is 4.82. The van der Waals surface area contributed by atoms with Crippen molar-refractivity contribution >= 4 is 11.6 Å². The maximum Gasteiger partial charge on any atom is 0.138 e. The molecule has 0 aliphatic heterocycles. The van der Waals surface area contributed by atoms with Gasteiger partial charge < -0.3 is 9.47 Å². The highest BCUT2D eigenvalue weighted by Crippen LogP contribution is 2.29. The van der Waals surface area contributed by atoms with E-state index in [1.54, 1.807) is 19.5 Å². The van der Waals surface area contributed by atoms with E-state index in [9.17, 15) is 0 Å². The molecule has 0 spiro atoms. The van der Waals surface area contributed by atoms with Gasteiger partial charge in [-0.2, -0.15) is 0 Å². The van der Waals surface area contributed by atoms with Crippen LogP contribution in [0.25, 0.3) is 0 Å². The molecule has 4 heteroatoms. The molecular formula is C16H18ClNO2. The number of hydrogen-bond acceptors (Lipinski definition) is 3. The van der Waals surface area contributed by atoms with Crippen molar-refractivity contribution in [3.63, 3.8) is 0 Å². The van der Waals surface area contributed by atoms with Gasteiger partial charge in [-0.15, -0.1) is 0 Å². The third kappa shape index (κ3) is 3.42. The fourth-order valence-corrected chi connectivity index (χ4v) is 2.11. The van der Waals surface area contributed by atoms with Crippen LogP contribution >= 0.6 is 11.6 Å². The van der Waals surface area contributed by atoms with E-state index in [0.717, 1.165) is 11.3 Å². The summed E-state index contributed by atoms with van der Waals surface area (Å²) in [6, 6.07) is 7.69. The smallest absolute Gasteiger partial charge is 0.138 e. The Morgan fingerprint density at radius 1 is 1.20 bits per heavy atom. The summed E-state index contributed by atoms with van der Waals surface area (Å²) in [5.74, 6) is 1.87. The highest BCUT2D eigenvalue weighted by molar-refractivity contribution is 6.32. The van der Waals surface area contributed by atoms with Crippen LogP contribution in [0.1, 0.15) is 30.9 Å². The molecule has 0 bridgehead atoms. The SMILES string of the molecule is COc1ccncc1COc1ccc(C(C)C)cc1Cl. The number of nitrogens with zero attached hydrogens (tertiary/aromatic N) is 1. The zero-order valence-electron chi connectivity index (χ0n) is 11.9. The molecule has 0 atom stereocenters. The number of methoxy groups -OCH3 is 1. The molecule has 2 aromatic rings. The Kier molecular flexibility index (Phi) is 4.85. The first kappa shape index (κ1) is 14.7. The van der Waals surface area contributed by atoms with E-state index < -0.39 is 0 Å². The Balaban J connectivity index is 2.11. The molecule has 0 radical (unpaired) electrons. The second kappa shape index (κ2) is 6.62. The molecule has 20 heavy (non-hydrogen) atoms. The number of aromatic nitrogens is 1. The minimum atomic E-state index is 0.373. The van der Waals surface area contributed by atoms with Gasteiger partial charge in [-0.3, -0.25) is 4.98 Å². The van der Waals surface area contributed by atoms with Gasteiger partial charge in [-0.25, -0.2) is 0 Å². The van der Waals surface area contributed by atoms with Crippen LogP contribution in [-0.4, -0.2) is 12.1 Å². The van der Waals surface area contributed by atoms with Crippen LogP contribution < -0.4 is 9.47 Å². The molecule has 0 amide bonds. The number of ether oxygens (including phenoxy) is 2. The molecule has 0 aliphatic rings. The maximum absolute atomic E-state index is 6.24. The molecule has 1 aromatic heterocycles. The van der Waals surface area contributed by atoms with Gasteiger partial charge in [0.2, 0.25) is 0 Å². The van der Waals surface area contributed by atoms with Gasteiger partial charge >= 0.3 is 0 Å².